The lowest BCUT2D eigenvalue weighted by Crippen LogP contribution is -2.11. The van der Waals surface area contributed by atoms with Crippen LogP contribution in [0.5, 0.6) is 5.75 Å². The van der Waals surface area contributed by atoms with E-state index in [0.29, 0.717) is 34.6 Å². The molecule has 7 nitrogen and oxygen atoms in total. The molecule has 0 saturated heterocycles. The number of ether oxygens (including phenoxy) is 1. The standard InChI is InChI=1S/C21H18N4O3S/c1-3-16-17(20-23-18(25-28-20)13-8-5-4-6-9-13)29-21(22-16)24-19(26)14-10-7-11-15(12-14)27-2/h4-12H,3H2,1-2H3,(H,22,24,26). The van der Waals surface area contributed by atoms with Gasteiger partial charge in [0.25, 0.3) is 11.8 Å². The fraction of sp³-hybridized carbons (Fsp3) is 0.143. The third kappa shape index (κ3) is 4.02. The van der Waals surface area contributed by atoms with E-state index in [1.807, 2.05) is 37.3 Å². The first-order chi connectivity index (χ1) is 14.2. The van der Waals surface area contributed by atoms with Crippen molar-refractivity contribution >= 4 is 22.4 Å². The summed E-state index contributed by atoms with van der Waals surface area (Å²) in [5.41, 5.74) is 2.15. The van der Waals surface area contributed by atoms with Gasteiger partial charge in [-0.25, -0.2) is 4.98 Å². The van der Waals surface area contributed by atoms with Gasteiger partial charge in [0.15, 0.2) is 5.13 Å². The molecule has 0 bridgehead atoms. The summed E-state index contributed by atoms with van der Waals surface area (Å²) in [6.45, 7) is 1.99. The van der Waals surface area contributed by atoms with Crippen molar-refractivity contribution < 1.29 is 14.1 Å². The summed E-state index contributed by atoms with van der Waals surface area (Å²) in [5.74, 6) is 1.26. The highest BCUT2D eigenvalue weighted by Crippen LogP contribution is 2.33. The van der Waals surface area contributed by atoms with Crippen molar-refractivity contribution in [2.75, 3.05) is 12.4 Å². The first-order valence-electron chi connectivity index (χ1n) is 9.02. The minimum absolute atomic E-state index is 0.262. The van der Waals surface area contributed by atoms with Crippen molar-refractivity contribution in [1.29, 1.82) is 0 Å². The van der Waals surface area contributed by atoms with Crippen molar-refractivity contribution in [2.45, 2.75) is 13.3 Å². The molecule has 0 fully saturated rings. The zero-order valence-corrected chi connectivity index (χ0v) is 16.7. The number of rotatable bonds is 6. The van der Waals surface area contributed by atoms with Crippen LogP contribution in [0.4, 0.5) is 5.13 Å². The van der Waals surface area contributed by atoms with E-state index in [1.165, 1.54) is 11.3 Å². The molecule has 0 aliphatic rings. The van der Waals surface area contributed by atoms with Crippen LogP contribution in [0.25, 0.3) is 22.2 Å². The Balaban J connectivity index is 1.59. The maximum atomic E-state index is 12.6. The molecule has 2 heterocycles. The zero-order valence-electron chi connectivity index (χ0n) is 15.9. The molecule has 0 saturated carbocycles. The lowest BCUT2D eigenvalue weighted by molar-refractivity contribution is 0.102. The Morgan fingerprint density at radius 1 is 1.14 bits per heavy atom. The molecule has 0 aliphatic carbocycles. The quantitative estimate of drug-likeness (QED) is 0.500. The third-order valence-corrected chi connectivity index (χ3v) is 5.24. The van der Waals surface area contributed by atoms with Crippen LogP contribution in [0.15, 0.2) is 59.1 Å². The molecule has 146 valence electrons. The topological polar surface area (TPSA) is 90.1 Å². The van der Waals surface area contributed by atoms with Crippen LogP contribution in [-0.4, -0.2) is 28.1 Å². The molecule has 29 heavy (non-hydrogen) atoms. The number of carbonyl (C=O) groups excluding carboxylic acids is 1. The molecule has 0 spiro atoms. The first-order valence-corrected chi connectivity index (χ1v) is 9.84. The lowest BCUT2D eigenvalue weighted by Gasteiger charge is -2.04. The normalized spacial score (nSPS) is 10.7. The van der Waals surface area contributed by atoms with E-state index < -0.39 is 0 Å². The van der Waals surface area contributed by atoms with E-state index in [2.05, 4.69) is 20.4 Å². The number of hydrogen-bond acceptors (Lipinski definition) is 7. The number of methoxy groups -OCH3 is 1. The predicted octanol–water partition coefficient (Wildman–Crippen LogP) is 4.68. The summed E-state index contributed by atoms with van der Waals surface area (Å²) in [5, 5.41) is 7.38. The number of aryl methyl sites for hydroxylation is 1. The summed E-state index contributed by atoms with van der Waals surface area (Å²) in [4.78, 5) is 22.3. The fourth-order valence-electron chi connectivity index (χ4n) is 2.77. The van der Waals surface area contributed by atoms with Crippen molar-refractivity contribution in [2.24, 2.45) is 0 Å². The Kier molecular flexibility index (Phi) is 5.35. The second kappa shape index (κ2) is 8.24. The van der Waals surface area contributed by atoms with Gasteiger partial charge in [-0.15, -0.1) is 0 Å². The summed E-state index contributed by atoms with van der Waals surface area (Å²) >= 11 is 1.31. The van der Waals surface area contributed by atoms with Crippen LogP contribution >= 0.6 is 11.3 Å². The van der Waals surface area contributed by atoms with Gasteiger partial charge in [-0.3, -0.25) is 10.1 Å². The molecule has 0 unspecified atom stereocenters. The Morgan fingerprint density at radius 3 is 2.72 bits per heavy atom. The highest BCUT2D eigenvalue weighted by Gasteiger charge is 2.20. The van der Waals surface area contributed by atoms with Crippen LogP contribution in [0.2, 0.25) is 0 Å². The van der Waals surface area contributed by atoms with Gasteiger partial charge in [0.2, 0.25) is 5.82 Å². The van der Waals surface area contributed by atoms with Crippen molar-refractivity contribution in [3.63, 3.8) is 0 Å². The molecule has 0 atom stereocenters. The summed E-state index contributed by atoms with van der Waals surface area (Å²) in [7, 11) is 1.56. The van der Waals surface area contributed by atoms with Gasteiger partial charge >= 0.3 is 0 Å². The van der Waals surface area contributed by atoms with E-state index in [0.717, 1.165) is 16.1 Å². The Hall–Kier alpha value is -3.52. The van der Waals surface area contributed by atoms with E-state index in [4.69, 9.17) is 9.26 Å². The van der Waals surface area contributed by atoms with Gasteiger partial charge in [-0.2, -0.15) is 4.98 Å². The monoisotopic (exact) mass is 406 g/mol. The summed E-state index contributed by atoms with van der Waals surface area (Å²) < 4.78 is 10.6. The van der Waals surface area contributed by atoms with Crippen LogP contribution in [0, 0.1) is 0 Å². The number of aromatic nitrogens is 3. The molecule has 1 amide bonds. The number of hydrogen-bond donors (Lipinski definition) is 1. The van der Waals surface area contributed by atoms with E-state index in [-0.39, 0.29) is 5.91 Å². The Morgan fingerprint density at radius 2 is 1.97 bits per heavy atom. The number of nitrogens with zero attached hydrogens (tertiary/aromatic N) is 3. The van der Waals surface area contributed by atoms with E-state index in [9.17, 15) is 4.79 Å². The number of anilines is 1. The second-order valence-corrected chi connectivity index (χ2v) is 7.12. The van der Waals surface area contributed by atoms with Crippen molar-refractivity contribution in [1.82, 2.24) is 15.1 Å². The number of nitrogens with one attached hydrogen (secondary N) is 1. The van der Waals surface area contributed by atoms with E-state index in [1.54, 1.807) is 31.4 Å². The predicted molar refractivity (Wildman–Crippen MR) is 111 cm³/mol. The van der Waals surface area contributed by atoms with Crippen LogP contribution < -0.4 is 10.1 Å². The molecule has 0 aliphatic heterocycles. The molecule has 0 radical (unpaired) electrons. The van der Waals surface area contributed by atoms with E-state index >= 15 is 0 Å². The number of thiazole rings is 1. The molecular formula is C21H18N4O3S. The minimum atomic E-state index is -0.262. The fourth-order valence-corrected chi connectivity index (χ4v) is 3.74. The molecule has 8 heteroatoms. The minimum Gasteiger partial charge on any atom is -0.497 e. The smallest absolute Gasteiger partial charge is 0.270 e. The molecule has 4 aromatic rings. The van der Waals surface area contributed by atoms with Gasteiger partial charge in [-0.05, 0) is 24.6 Å². The first kappa shape index (κ1) is 18.8. The number of benzene rings is 2. The molecular weight excluding hydrogens is 388 g/mol. The maximum absolute atomic E-state index is 12.6. The average Bonchev–Trinajstić information content (AvgIpc) is 3.41. The SMILES string of the molecule is CCc1nc(NC(=O)c2cccc(OC)c2)sc1-c1nc(-c2ccccc2)no1. The van der Waals surface area contributed by atoms with Gasteiger partial charge in [0, 0.05) is 11.1 Å². The number of carbonyl (C=O) groups is 1. The summed E-state index contributed by atoms with van der Waals surface area (Å²) in [6.07, 6.45) is 0.671. The zero-order chi connectivity index (χ0) is 20.2. The largest absolute Gasteiger partial charge is 0.497 e. The second-order valence-electron chi connectivity index (χ2n) is 6.12. The Labute approximate surface area is 171 Å². The number of amides is 1. The summed E-state index contributed by atoms with van der Waals surface area (Å²) in [6, 6.07) is 16.6. The Bertz CT molecular complexity index is 1140. The van der Waals surface area contributed by atoms with Crippen molar-refractivity contribution in [3.8, 4) is 27.9 Å². The van der Waals surface area contributed by atoms with Crippen LogP contribution in [0.3, 0.4) is 0 Å². The average molecular weight is 406 g/mol. The van der Waals surface area contributed by atoms with Gasteiger partial charge in [-0.1, -0.05) is 59.8 Å². The van der Waals surface area contributed by atoms with Gasteiger partial charge in [0.1, 0.15) is 10.6 Å². The molecule has 1 N–H and O–H groups in total. The lowest BCUT2D eigenvalue weighted by atomic mass is 10.2. The molecule has 4 rings (SSSR count). The molecule has 2 aromatic heterocycles. The maximum Gasteiger partial charge on any atom is 0.270 e. The molecule has 2 aromatic carbocycles. The van der Waals surface area contributed by atoms with Crippen LogP contribution in [-0.2, 0) is 6.42 Å². The van der Waals surface area contributed by atoms with Gasteiger partial charge in [0.05, 0.1) is 12.8 Å². The van der Waals surface area contributed by atoms with Gasteiger partial charge < -0.3 is 9.26 Å². The van der Waals surface area contributed by atoms with Crippen molar-refractivity contribution in [3.05, 3.63) is 65.9 Å². The highest BCUT2D eigenvalue weighted by molar-refractivity contribution is 7.19. The highest BCUT2D eigenvalue weighted by atomic mass is 32.1. The van der Waals surface area contributed by atoms with Crippen LogP contribution in [0.1, 0.15) is 23.0 Å². The third-order valence-electron chi connectivity index (χ3n) is 4.24.